The molecule has 0 radical (unpaired) electrons. The van der Waals surface area contributed by atoms with Crippen molar-refractivity contribution in [1.82, 2.24) is 0 Å². The van der Waals surface area contributed by atoms with E-state index < -0.39 is 10.0 Å². The first-order valence-electron chi connectivity index (χ1n) is 6.41. The summed E-state index contributed by atoms with van der Waals surface area (Å²) in [7, 11) is -3.65. The molecule has 5 heteroatoms. The second-order valence-corrected chi connectivity index (χ2v) is 6.80. The van der Waals surface area contributed by atoms with Gasteiger partial charge in [0.1, 0.15) is 5.75 Å². The monoisotopic (exact) mass is 289 g/mol. The molecule has 0 saturated heterocycles. The Hall–Kier alpha value is -2.01. The first-order valence-corrected chi connectivity index (χ1v) is 7.85. The fourth-order valence-electron chi connectivity index (χ4n) is 2.66. The zero-order chi connectivity index (χ0) is 14.3. The van der Waals surface area contributed by atoms with Crippen molar-refractivity contribution in [2.75, 3.05) is 4.31 Å². The Labute approximate surface area is 118 Å². The third-order valence-electron chi connectivity index (χ3n) is 3.52. The molecule has 0 aromatic heterocycles. The van der Waals surface area contributed by atoms with Gasteiger partial charge in [-0.15, -0.1) is 0 Å². The molecule has 1 heterocycles. The van der Waals surface area contributed by atoms with Crippen LogP contribution in [-0.4, -0.2) is 19.6 Å². The Balaban J connectivity index is 2.13. The zero-order valence-corrected chi connectivity index (χ0v) is 11.8. The number of para-hydroxylation sites is 1. The van der Waals surface area contributed by atoms with Gasteiger partial charge in [-0.25, -0.2) is 8.42 Å². The summed E-state index contributed by atoms with van der Waals surface area (Å²) in [6, 6.07) is 13.2. The Kier molecular flexibility index (Phi) is 2.94. The number of hydrogen-bond acceptors (Lipinski definition) is 3. The number of benzene rings is 2. The highest BCUT2D eigenvalue weighted by atomic mass is 32.2. The minimum atomic E-state index is -3.65. The van der Waals surface area contributed by atoms with E-state index in [-0.39, 0.29) is 16.7 Å². The largest absolute Gasteiger partial charge is 0.508 e. The van der Waals surface area contributed by atoms with Gasteiger partial charge in [-0.1, -0.05) is 24.3 Å². The third kappa shape index (κ3) is 1.94. The number of anilines is 1. The van der Waals surface area contributed by atoms with Crippen LogP contribution in [0.4, 0.5) is 5.69 Å². The van der Waals surface area contributed by atoms with E-state index in [0.717, 1.165) is 11.3 Å². The van der Waals surface area contributed by atoms with Gasteiger partial charge < -0.3 is 5.11 Å². The molecule has 0 aliphatic carbocycles. The molecule has 20 heavy (non-hydrogen) atoms. The van der Waals surface area contributed by atoms with E-state index in [1.165, 1.54) is 28.6 Å². The van der Waals surface area contributed by atoms with Gasteiger partial charge in [0, 0.05) is 12.1 Å². The SMILES string of the molecule is CC1Cc2ccccc2N1S(=O)(=O)c1cccc(O)c1. The van der Waals surface area contributed by atoms with Crippen LogP contribution in [0.2, 0.25) is 0 Å². The predicted molar refractivity (Wildman–Crippen MR) is 77.4 cm³/mol. The molecule has 0 saturated carbocycles. The summed E-state index contributed by atoms with van der Waals surface area (Å²) in [5, 5.41) is 9.50. The van der Waals surface area contributed by atoms with Crippen LogP contribution in [0, 0.1) is 0 Å². The van der Waals surface area contributed by atoms with Crippen LogP contribution in [0.25, 0.3) is 0 Å². The standard InChI is InChI=1S/C15H15NO3S/c1-11-9-12-5-2-3-8-15(12)16(11)20(18,19)14-7-4-6-13(17)10-14/h2-8,10-11,17H,9H2,1H3. The van der Waals surface area contributed by atoms with Crippen molar-refractivity contribution >= 4 is 15.7 Å². The van der Waals surface area contributed by atoms with Crippen molar-refractivity contribution in [1.29, 1.82) is 0 Å². The molecule has 1 atom stereocenters. The Morgan fingerprint density at radius 3 is 2.65 bits per heavy atom. The highest BCUT2D eigenvalue weighted by Gasteiger charge is 2.35. The Bertz CT molecular complexity index is 755. The summed E-state index contributed by atoms with van der Waals surface area (Å²) < 4.78 is 27.0. The molecule has 4 nitrogen and oxygen atoms in total. The molecule has 1 N–H and O–H groups in total. The van der Waals surface area contributed by atoms with Crippen LogP contribution >= 0.6 is 0 Å². The number of nitrogens with zero attached hydrogens (tertiary/aromatic N) is 1. The Morgan fingerprint density at radius 2 is 1.90 bits per heavy atom. The van der Waals surface area contributed by atoms with Crippen LogP contribution < -0.4 is 4.31 Å². The highest BCUT2D eigenvalue weighted by Crippen LogP contribution is 2.36. The first kappa shape index (κ1) is 13.0. The second kappa shape index (κ2) is 4.52. The normalized spacial score (nSPS) is 18.1. The van der Waals surface area contributed by atoms with Gasteiger partial charge in [-0.2, -0.15) is 0 Å². The number of phenolic OH excluding ortho intramolecular Hbond substituents is 1. The third-order valence-corrected chi connectivity index (χ3v) is 5.44. The van der Waals surface area contributed by atoms with Crippen LogP contribution in [0.15, 0.2) is 53.4 Å². The molecular weight excluding hydrogens is 274 g/mol. The van der Waals surface area contributed by atoms with Crippen molar-refractivity contribution in [3.8, 4) is 5.75 Å². The van der Waals surface area contributed by atoms with Crippen LogP contribution in [-0.2, 0) is 16.4 Å². The fourth-order valence-corrected chi connectivity index (χ4v) is 4.39. The minimum Gasteiger partial charge on any atom is -0.508 e. The number of fused-ring (bicyclic) bond motifs is 1. The fraction of sp³-hybridized carbons (Fsp3) is 0.200. The van der Waals surface area contributed by atoms with E-state index in [1.54, 1.807) is 0 Å². The number of hydrogen-bond donors (Lipinski definition) is 1. The lowest BCUT2D eigenvalue weighted by molar-refractivity contribution is 0.473. The summed E-state index contributed by atoms with van der Waals surface area (Å²) in [6.07, 6.45) is 0.703. The number of phenols is 1. The first-order chi connectivity index (χ1) is 9.50. The number of sulfonamides is 1. The molecule has 0 spiro atoms. The van der Waals surface area contributed by atoms with E-state index in [2.05, 4.69) is 0 Å². The molecule has 0 amide bonds. The van der Waals surface area contributed by atoms with E-state index in [0.29, 0.717) is 6.42 Å². The number of rotatable bonds is 2. The maximum Gasteiger partial charge on any atom is 0.264 e. The van der Waals surface area contributed by atoms with Crippen LogP contribution in [0.1, 0.15) is 12.5 Å². The molecule has 1 aliphatic rings. The molecular formula is C15H15NO3S. The number of aromatic hydroxyl groups is 1. The molecule has 104 valence electrons. The second-order valence-electron chi connectivity index (χ2n) is 4.98. The summed E-state index contributed by atoms with van der Waals surface area (Å²) in [4.78, 5) is 0.112. The summed E-state index contributed by atoms with van der Waals surface area (Å²) in [6.45, 7) is 1.89. The summed E-state index contributed by atoms with van der Waals surface area (Å²) >= 11 is 0. The average Bonchev–Trinajstić information content (AvgIpc) is 2.75. The van der Waals surface area contributed by atoms with Crippen molar-refractivity contribution in [3.05, 3.63) is 54.1 Å². The Morgan fingerprint density at radius 1 is 1.15 bits per heavy atom. The molecule has 0 fully saturated rings. The molecule has 0 bridgehead atoms. The van der Waals surface area contributed by atoms with E-state index in [4.69, 9.17) is 0 Å². The van der Waals surface area contributed by atoms with Gasteiger partial charge in [0.15, 0.2) is 0 Å². The topological polar surface area (TPSA) is 57.6 Å². The molecule has 1 unspecified atom stereocenters. The minimum absolute atomic E-state index is 0.0498. The van der Waals surface area contributed by atoms with Gasteiger partial charge in [0.25, 0.3) is 10.0 Å². The van der Waals surface area contributed by atoms with Gasteiger partial charge in [0.2, 0.25) is 0 Å². The maximum atomic E-state index is 12.8. The van der Waals surface area contributed by atoms with E-state index >= 15 is 0 Å². The quantitative estimate of drug-likeness (QED) is 0.924. The van der Waals surface area contributed by atoms with Crippen molar-refractivity contribution in [2.45, 2.75) is 24.3 Å². The average molecular weight is 289 g/mol. The lowest BCUT2D eigenvalue weighted by atomic mass is 10.1. The molecule has 3 rings (SSSR count). The smallest absolute Gasteiger partial charge is 0.264 e. The van der Waals surface area contributed by atoms with Gasteiger partial charge in [-0.05, 0) is 37.1 Å². The van der Waals surface area contributed by atoms with Crippen molar-refractivity contribution in [2.24, 2.45) is 0 Å². The highest BCUT2D eigenvalue weighted by molar-refractivity contribution is 7.92. The van der Waals surface area contributed by atoms with Gasteiger partial charge in [-0.3, -0.25) is 4.31 Å². The summed E-state index contributed by atoms with van der Waals surface area (Å²) in [5.41, 5.74) is 1.76. The van der Waals surface area contributed by atoms with Gasteiger partial charge in [0.05, 0.1) is 10.6 Å². The lowest BCUT2D eigenvalue weighted by Crippen LogP contribution is -2.35. The summed E-state index contributed by atoms with van der Waals surface area (Å²) in [5.74, 6) is -0.0498. The van der Waals surface area contributed by atoms with Crippen molar-refractivity contribution < 1.29 is 13.5 Å². The van der Waals surface area contributed by atoms with E-state index in [9.17, 15) is 13.5 Å². The molecule has 2 aromatic carbocycles. The zero-order valence-electron chi connectivity index (χ0n) is 11.0. The maximum absolute atomic E-state index is 12.8. The molecule has 1 aliphatic heterocycles. The van der Waals surface area contributed by atoms with Gasteiger partial charge >= 0.3 is 0 Å². The van der Waals surface area contributed by atoms with Crippen LogP contribution in [0.3, 0.4) is 0 Å². The van der Waals surface area contributed by atoms with E-state index in [1.807, 2.05) is 31.2 Å². The predicted octanol–water partition coefficient (Wildman–Crippen LogP) is 2.53. The molecule has 2 aromatic rings. The van der Waals surface area contributed by atoms with Crippen LogP contribution in [0.5, 0.6) is 5.75 Å². The lowest BCUT2D eigenvalue weighted by Gasteiger charge is -2.24. The van der Waals surface area contributed by atoms with Crippen molar-refractivity contribution in [3.63, 3.8) is 0 Å².